The standard InChI is InChI=1S/C8H8O.CHF3/c1-7(9)8-5-3-2-4-6-8;2-1(3)4/h2-6H,1H3;1H. The molecule has 0 saturated carbocycles. The fraction of sp³-hybridized carbons (Fsp3) is 0.222. The van der Waals surface area contributed by atoms with Crippen LogP contribution in [0, 0.1) is 0 Å². The summed E-state index contributed by atoms with van der Waals surface area (Å²) >= 11 is 0. The first-order chi connectivity index (χ1) is 6.04. The van der Waals surface area contributed by atoms with Crippen LogP contribution in [0.25, 0.3) is 0 Å². The second-order valence-electron chi connectivity index (χ2n) is 2.17. The van der Waals surface area contributed by atoms with E-state index in [1.807, 2.05) is 30.3 Å². The molecule has 0 saturated heterocycles. The molecule has 0 aromatic heterocycles. The minimum atomic E-state index is -3.67. The lowest BCUT2D eigenvalue weighted by atomic mass is 10.2. The predicted molar refractivity (Wildman–Crippen MR) is 43.6 cm³/mol. The first kappa shape index (κ1) is 11.7. The molecular weight excluding hydrogens is 181 g/mol. The van der Waals surface area contributed by atoms with Gasteiger partial charge in [-0.05, 0) is 6.92 Å². The van der Waals surface area contributed by atoms with E-state index >= 15 is 0 Å². The van der Waals surface area contributed by atoms with Gasteiger partial charge in [-0.2, -0.15) is 13.2 Å². The van der Waals surface area contributed by atoms with Crippen LogP contribution < -0.4 is 0 Å². The number of benzene rings is 1. The topological polar surface area (TPSA) is 17.1 Å². The minimum absolute atomic E-state index is 0.121. The Kier molecular flexibility index (Phi) is 5.59. The zero-order valence-corrected chi connectivity index (χ0v) is 7.01. The zero-order chi connectivity index (χ0) is 10.3. The van der Waals surface area contributed by atoms with Crippen molar-refractivity contribution in [3.05, 3.63) is 35.9 Å². The molecule has 1 nitrogen and oxygen atoms in total. The summed E-state index contributed by atoms with van der Waals surface area (Å²) in [7, 11) is 0. The van der Waals surface area contributed by atoms with Crippen LogP contribution in [0.3, 0.4) is 0 Å². The molecule has 4 heteroatoms. The summed E-state index contributed by atoms with van der Waals surface area (Å²) in [5.41, 5.74) is 0.775. The van der Waals surface area contributed by atoms with Crippen molar-refractivity contribution in [1.82, 2.24) is 0 Å². The van der Waals surface area contributed by atoms with E-state index < -0.39 is 6.68 Å². The second kappa shape index (κ2) is 6.22. The lowest BCUT2D eigenvalue weighted by molar-refractivity contribution is 0.00819. The van der Waals surface area contributed by atoms with Crippen molar-refractivity contribution >= 4 is 5.78 Å². The molecule has 0 unspecified atom stereocenters. The summed E-state index contributed by atoms with van der Waals surface area (Å²) in [6, 6.07) is 9.23. The number of rotatable bonds is 1. The van der Waals surface area contributed by atoms with Crippen LogP contribution in [0.1, 0.15) is 17.3 Å². The normalized spacial score (nSPS) is 9.00. The highest BCUT2D eigenvalue weighted by Gasteiger charge is 1.92. The maximum Gasteiger partial charge on any atom is 0.379 e. The molecule has 1 aromatic rings. The first-order valence-corrected chi connectivity index (χ1v) is 3.52. The number of hydrogen-bond acceptors (Lipinski definition) is 1. The quantitative estimate of drug-likeness (QED) is 0.622. The van der Waals surface area contributed by atoms with E-state index in [1.54, 1.807) is 6.92 Å². The number of Topliss-reactive ketones (excluding diaryl/α,β-unsaturated/α-hetero) is 1. The van der Waals surface area contributed by atoms with Crippen LogP contribution in [0.5, 0.6) is 0 Å². The smallest absolute Gasteiger partial charge is 0.295 e. The number of hydrogen-bond donors (Lipinski definition) is 0. The first-order valence-electron chi connectivity index (χ1n) is 3.52. The third-order valence-electron chi connectivity index (χ3n) is 1.18. The van der Waals surface area contributed by atoms with Crippen LogP contribution in [0.2, 0.25) is 0 Å². The fourth-order valence-corrected chi connectivity index (χ4v) is 0.673. The summed E-state index contributed by atoms with van der Waals surface area (Å²) in [5.74, 6) is 0.121. The van der Waals surface area contributed by atoms with Gasteiger partial charge in [0, 0.05) is 5.56 Å². The maximum atomic E-state index is 10.6. The molecule has 0 amide bonds. The largest absolute Gasteiger partial charge is 0.379 e. The summed E-state index contributed by atoms with van der Waals surface area (Å²) < 4.78 is 29.0. The lowest BCUT2D eigenvalue weighted by Crippen LogP contribution is -1.88. The molecule has 0 N–H and O–H groups in total. The number of alkyl halides is 3. The molecule has 0 bridgehead atoms. The van der Waals surface area contributed by atoms with Crippen molar-refractivity contribution in [2.24, 2.45) is 0 Å². The van der Waals surface area contributed by atoms with Crippen LogP contribution in [-0.4, -0.2) is 12.5 Å². The minimum Gasteiger partial charge on any atom is -0.295 e. The Morgan fingerprint density at radius 1 is 1.15 bits per heavy atom. The fourth-order valence-electron chi connectivity index (χ4n) is 0.673. The van der Waals surface area contributed by atoms with E-state index in [0.717, 1.165) is 5.56 Å². The van der Waals surface area contributed by atoms with Gasteiger partial charge in [0.2, 0.25) is 0 Å². The SMILES string of the molecule is CC(=O)c1ccccc1.FC(F)F. The van der Waals surface area contributed by atoms with Gasteiger partial charge < -0.3 is 0 Å². The van der Waals surface area contributed by atoms with Gasteiger partial charge in [-0.1, -0.05) is 30.3 Å². The average Bonchev–Trinajstić information content (AvgIpc) is 2.05. The van der Waals surface area contributed by atoms with Crippen LogP contribution in [0.4, 0.5) is 13.2 Å². The van der Waals surface area contributed by atoms with E-state index in [4.69, 9.17) is 0 Å². The van der Waals surface area contributed by atoms with Gasteiger partial charge in [0.25, 0.3) is 0 Å². The molecule has 13 heavy (non-hydrogen) atoms. The predicted octanol–water partition coefficient (Wildman–Crippen LogP) is 3.07. The van der Waals surface area contributed by atoms with Gasteiger partial charge in [-0.3, -0.25) is 4.79 Å². The third kappa shape index (κ3) is 7.05. The molecule has 0 fully saturated rings. The van der Waals surface area contributed by atoms with Gasteiger partial charge in [0.05, 0.1) is 0 Å². The summed E-state index contributed by atoms with van der Waals surface area (Å²) in [6.07, 6.45) is 0. The summed E-state index contributed by atoms with van der Waals surface area (Å²) in [5, 5.41) is 0. The molecule has 0 aliphatic heterocycles. The zero-order valence-electron chi connectivity index (χ0n) is 7.01. The molecule has 0 aliphatic rings. The Hall–Kier alpha value is -1.32. The molecule has 1 aromatic carbocycles. The van der Waals surface area contributed by atoms with Gasteiger partial charge in [0.15, 0.2) is 5.78 Å². The number of ketones is 1. The molecule has 72 valence electrons. The number of carbonyl (C=O) groups is 1. The Bertz CT molecular complexity index is 244. The molecule has 1 rings (SSSR count). The van der Waals surface area contributed by atoms with Crippen molar-refractivity contribution in [1.29, 1.82) is 0 Å². The van der Waals surface area contributed by atoms with Gasteiger partial charge in [0.1, 0.15) is 0 Å². The van der Waals surface area contributed by atoms with Gasteiger partial charge >= 0.3 is 6.68 Å². The average molecular weight is 190 g/mol. The Morgan fingerprint density at radius 3 is 1.77 bits per heavy atom. The maximum absolute atomic E-state index is 10.6. The molecule has 0 atom stereocenters. The van der Waals surface area contributed by atoms with Crippen molar-refractivity contribution in [3.63, 3.8) is 0 Å². The van der Waals surface area contributed by atoms with Gasteiger partial charge in [-0.25, -0.2) is 0 Å². The van der Waals surface area contributed by atoms with E-state index in [0.29, 0.717) is 0 Å². The highest BCUT2D eigenvalue weighted by atomic mass is 19.4. The van der Waals surface area contributed by atoms with E-state index in [2.05, 4.69) is 0 Å². The molecule has 0 spiro atoms. The Labute approximate surface area is 74.2 Å². The lowest BCUT2D eigenvalue weighted by Gasteiger charge is -1.89. The number of carbonyl (C=O) groups excluding carboxylic acids is 1. The Morgan fingerprint density at radius 2 is 1.54 bits per heavy atom. The molecule has 0 heterocycles. The van der Waals surface area contributed by atoms with E-state index in [1.165, 1.54) is 0 Å². The highest BCUT2D eigenvalue weighted by molar-refractivity contribution is 5.93. The van der Waals surface area contributed by atoms with E-state index in [9.17, 15) is 18.0 Å². The van der Waals surface area contributed by atoms with Crippen molar-refractivity contribution in [3.8, 4) is 0 Å². The molecule has 0 radical (unpaired) electrons. The number of halogens is 3. The monoisotopic (exact) mass is 190 g/mol. The van der Waals surface area contributed by atoms with Crippen LogP contribution >= 0.6 is 0 Å². The van der Waals surface area contributed by atoms with E-state index in [-0.39, 0.29) is 5.78 Å². The molecular formula is C9H9F3O. The van der Waals surface area contributed by atoms with Gasteiger partial charge in [-0.15, -0.1) is 0 Å². The molecule has 0 aliphatic carbocycles. The van der Waals surface area contributed by atoms with Crippen molar-refractivity contribution < 1.29 is 18.0 Å². The Balaban J connectivity index is 0.000000310. The highest BCUT2D eigenvalue weighted by Crippen LogP contribution is 1.97. The second-order valence-corrected chi connectivity index (χ2v) is 2.17. The third-order valence-corrected chi connectivity index (χ3v) is 1.18. The van der Waals surface area contributed by atoms with Crippen LogP contribution in [-0.2, 0) is 0 Å². The van der Waals surface area contributed by atoms with Crippen molar-refractivity contribution in [2.75, 3.05) is 0 Å². The van der Waals surface area contributed by atoms with Crippen LogP contribution in [0.15, 0.2) is 30.3 Å². The summed E-state index contributed by atoms with van der Waals surface area (Å²) in [4.78, 5) is 10.6. The van der Waals surface area contributed by atoms with Crippen molar-refractivity contribution in [2.45, 2.75) is 13.6 Å². The summed E-state index contributed by atoms with van der Waals surface area (Å²) in [6.45, 7) is -2.10.